The van der Waals surface area contributed by atoms with Gasteiger partial charge in [-0.25, -0.2) is 0 Å². The zero-order valence-corrected chi connectivity index (χ0v) is 46.4. The van der Waals surface area contributed by atoms with Crippen molar-refractivity contribution < 1.29 is 0 Å². The van der Waals surface area contributed by atoms with Gasteiger partial charge in [-0.15, -0.1) is 170 Å². The van der Waals surface area contributed by atoms with Gasteiger partial charge in [-0.3, -0.25) is 0 Å². The molecular weight excluding hydrogens is 1060 g/mol. The van der Waals surface area contributed by atoms with E-state index in [1.165, 1.54) is 149 Å². The summed E-state index contributed by atoms with van der Waals surface area (Å²) in [6.07, 6.45) is 18.9. The van der Waals surface area contributed by atoms with Crippen LogP contribution in [0.25, 0.3) is 132 Å². The Kier molecular flexibility index (Phi) is 9.74. The first kappa shape index (κ1) is 40.1. The summed E-state index contributed by atoms with van der Waals surface area (Å²) < 4.78 is 21.5. The van der Waals surface area contributed by atoms with E-state index in [4.69, 9.17) is 0 Å². The lowest BCUT2D eigenvalue weighted by Crippen LogP contribution is -1.82. The lowest BCUT2D eigenvalue weighted by molar-refractivity contribution is 0.609. The lowest BCUT2D eigenvalue weighted by atomic mass is 10.1. The van der Waals surface area contributed by atoms with E-state index in [0.717, 1.165) is 0 Å². The molecule has 15 heterocycles. The van der Waals surface area contributed by atoms with E-state index < -0.39 is 0 Å². The van der Waals surface area contributed by atoms with Crippen molar-refractivity contribution in [1.29, 1.82) is 0 Å². The van der Waals surface area contributed by atoms with Crippen LogP contribution in [0.5, 0.6) is 0 Å². The van der Waals surface area contributed by atoms with Crippen LogP contribution in [0.3, 0.4) is 0 Å². The standard InChI is InChI=1S/C48H36S15/c1-3-5-7-9-11-13-15-19-17-21-23-25-27-29-31-33-34-32-30-28-26-24-22-18-20(16-14-12-10-8-6-4-2)50-36(22)52-38(24)54-40(26)56-42(28)58-44(30)60-46(32)62-48(34)63-47(33)61-45(31)59-43(29)57-41(27)55-39(25)53-37(23)51-35(21)49-19/h17-18H,3-16H2,1-2H3. The van der Waals surface area contributed by atoms with Crippen molar-refractivity contribution in [1.82, 2.24) is 0 Å². The van der Waals surface area contributed by atoms with Crippen LogP contribution in [0.2, 0.25) is 0 Å². The number of unbranched alkanes of at least 4 members (excludes halogenated alkanes) is 10. The number of thiophene rings is 15. The number of rotatable bonds is 14. The summed E-state index contributed by atoms with van der Waals surface area (Å²) in [5.41, 5.74) is 0. The van der Waals surface area contributed by atoms with Crippen molar-refractivity contribution in [2.24, 2.45) is 0 Å². The van der Waals surface area contributed by atoms with Gasteiger partial charge in [0.2, 0.25) is 0 Å². The fourth-order valence-electron chi connectivity index (χ4n) is 10.3. The number of aryl methyl sites for hydroxylation is 2. The first-order chi connectivity index (χ1) is 31.1. The van der Waals surface area contributed by atoms with Crippen LogP contribution in [0.15, 0.2) is 12.1 Å². The van der Waals surface area contributed by atoms with Crippen LogP contribution in [0.1, 0.15) is 101 Å². The number of hydrogen-bond acceptors (Lipinski definition) is 15. The maximum atomic E-state index is 2.60. The maximum absolute atomic E-state index is 2.60. The Morgan fingerprint density at radius 1 is 0.238 bits per heavy atom. The molecule has 0 atom stereocenters. The van der Waals surface area contributed by atoms with Gasteiger partial charge in [-0.2, -0.15) is 0 Å². The minimum atomic E-state index is 1.24. The van der Waals surface area contributed by atoms with Crippen molar-refractivity contribution in [3.05, 3.63) is 21.9 Å². The van der Waals surface area contributed by atoms with Gasteiger partial charge in [0.15, 0.2) is 0 Å². The molecule has 0 N–H and O–H groups in total. The molecule has 318 valence electrons. The molecule has 0 spiro atoms. The first-order valence-corrected chi connectivity index (χ1v) is 34.4. The van der Waals surface area contributed by atoms with Crippen molar-refractivity contribution in [2.75, 3.05) is 0 Å². The molecule has 0 fully saturated rings. The molecule has 0 aliphatic carbocycles. The summed E-state index contributed by atoms with van der Waals surface area (Å²) >= 11 is 31.2. The van der Waals surface area contributed by atoms with Crippen LogP contribution < -0.4 is 0 Å². The van der Waals surface area contributed by atoms with Crippen LogP contribution in [-0.4, -0.2) is 0 Å². The van der Waals surface area contributed by atoms with E-state index in [-0.39, 0.29) is 0 Å². The molecule has 0 saturated heterocycles. The van der Waals surface area contributed by atoms with E-state index in [2.05, 4.69) is 196 Å². The predicted octanol–water partition coefficient (Wildman–Crippen LogP) is 24.6. The molecule has 0 amide bonds. The zero-order valence-electron chi connectivity index (χ0n) is 34.2. The maximum Gasteiger partial charge on any atom is 0.0908 e. The third-order valence-electron chi connectivity index (χ3n) is 13.2. The second-order valence-corrected chi connectivity index (χ2v) is 36.3. The zero-order chi connectivity index (χ0) is 41.2. The number of fused-ring (bicyclic) bond motifs is 27. The third-order valence-corrected chi connectivity index (χ3v) is 32.3. The topological polar surface area (TPSA) is 0 Å². The largest absolute Gasteiger partial charge is 0.129 e. The summed E-state index contributed by atoms with van der Waals surface area (Å²) in [4.78, 5) is 3.19. The monoisotopic (exact) mass is 1090 g/mol. The number of hydrogen-bond donors (Lipinski definition) is 0. The Bertz CT molecular complexity index is 3990. The van der Waals surface area contributed by atoms with Gasteiger partial charge in [0.25, 0.3) is 0 Å². The van der Waals surface area contributed by atoms with Gasteiger partial charge in [-0.1, -0.05) is 78.1 Å². The SMILES string of the molecule is CCCCCCCCc1cc2c(s1)sc1sc3sc4sc5sc6sc7sc8sc9sc%10sc%11sc%12sc%13sc%14sc(CCCCCCCC)cc%14c%13c%12c%11c%10c9c8c7c6c5c4c3c12. The molecule has 15 heteroatoms. The molecule has 0 radical (unpaired) electrons. The van der Waals surface area contributed by atoms with E-state index in [1.807, 2.05) is 0 Å². The van der Waals surface area contributed by atoms with E-state index in [0.29, 0.717) is 0 Å². The first-order valence-electron chi connectivity index (χ1n) is 22.1. The molecule has 15 rings (SSSR count). The van der Waals surface area contributed by atoms with Crippen molar-refractivity contribution in [2.45, 2.75) is 104 Å². The quantitative estimate of drug-likeness (QED) is 0.0952. The van der Waals surface area contributed by atoms with E-state index in [9.17, 15) is 0 Å². The molecule has 15 aromatic rings. The Morgan fingerprint density at radius 3 is 0.746 bits per heavy atom. The summed E-state index contributed by atoms with van der Waals surface area (Å²) in [6, 6.07) is 5.20. The molecule has 0 aromatic carbocycles. The van der Waals surface area contributed by atoms with E-state index >= 15 is 0 Å². The summed E-state index contributed by atoms with van der Waals surface area (Å²) in [5, 5.41) is 21.9. The molecule has 0 nitrogen and oxygen atoms in total. The van der Waals surface area contributed by atoms with Gasteiger partial charge in [-0.05, 0) is 37.8 Å². The Morgan fingerprint density at radius 2 is 0.460 bits per heavy atom. The molecule has 0 unspecified atom stereocenters. The highest BCUT2D eigenvalue weighted by molar-refractivity contribution is 7.64. The average Bonchev–Trinajstić information content (AvgIpc) is 4.06. The lowest BCUT2D eigenvalue weighted by Gasteiger charge is -1.99. The summed E-state index contributed by atoms with van der Waals surface area (Å²) in [7, 11) is 0. The minimum Gasteiger partial charge on any atom is -0.129 e. The molecule has 63 heavy (non-hydrogen) atoms. The van der Waals surface area contributed by atoms with Gasteiger partial charge in [0.05, 0.1) is 56.2 Å². The van der Waals surface area contributed by atoms with Crippen molar-refractivity contribution in [3.8, 4) is 0 Å². The second-order valence-electron chi connectivity index (χ2n) is 17.1. The van der Waals surface area contributed by atoms with Crippen molar-refractivity contribution in [3.63, 3.8) is 0 Å². The van der Waals surface area contributed by atoms with Crippen LogP contribution >= 0.6 is 170 Å². The van der Waals surface area contributed by atoms with Gasteiger partial charge < -0.3 is 0 Å². The molecule has 0 saturated carbocycles. The summed E-state index contributed by atoms with van der Waals surface area (Å²) in [5.74, 6) is 0. The van der Waals surface area contributed by atoms with Crippen LogP contribution in [0, 0.1) is 0 Å². The smallest absolute Gasteiger partial charge is 0.0908 e. The van der Waals surface area contributed by atoms with Crippen molar-refractivity contribution >= 4 is 302 Å². The molecule has 0 aliphatic heterocycles. The van der Waals surface area contributed by atoms with E-state index in [1.54, 1.807) is 82.4 Å². The molecule has 15 aromatic heterocycles. The van der Waals surface area contributed by atoms with Gasteiger partial charge in [0.1, 0.15) is 0 Å². The Balaban J connectivity index is 0.912. The summed E-state index contributed by atoms with van der Waals surface area (Å²) in [6.45, 7) is 4.63. The second kappa shape index (κ2) is 15.3. The Labute approximate surface area is 421 Å². The average molecular weight is 1090 g/mol. The van der Waals surface area contributed by atoms with Gasteiger partial charge >= 0.3 is 0 Å². The Hall–Kier alpha value is -0.860. The molecule has 0 bridgehead atoms. The third kappa shape index (κ3) is 5.85. The van der Waals surface area contributed by atoms with Gasteiger partial charge in [0, 0.05) is 85.2 Å². The minimum absolute atomic E-state index is 1.24. The molecular formula is C48H36S15. The molecule has 0 aliphatic rings. The highest BCUT2D eigenvalue weighted by Crippen LogP contribution is 2.63. The predicted molar refractivity (Wildman–Crippen MR) is 314 cm³/mol. The van der Waals surface area contributed by atoms with Crippen LogP contribution in [0.4, 0.5) is 0 Å². The fraction of sp³-hybridized carbons (Fsp3) is 0.333. The highest BCUT2D eigenvalue weighted by Gasteiger charge is 2.30. The normalized spacial score (nSPS) is 13.5. The van der Waals surface area contributed by atoms with Crippen LogP contribution in [-0.2, 0) is 12.8 Å². The fourth-order valence-corrected chi connectivity index (χ4v) is 33.8. The highest BCUT2D eigenvalue weighted by atomic mass is 32.2.